The van der Waals surface area contributed by atoms with Crippen molar-refractivity contribution in [2.24, 2.45) is 0 Å². The van der Waals surface area contributed by atoms with Crippen molar-refractivity contribution in [2.45, 2.75) is 30.8 Å². The van der Waals surface area contributed by atoms with Gasteiger partial charge >= 0.3 is 5.97 Å². The third kappa shape index (κ3) is 3.54. The van der Waals surface area contributed by atoms with Crippen molar-refractivity contribution < 1.29 is 29.2 Å². The van der Waals surface area contributed by atoms with Crippen molar-refractivity contribution in [1.82, 2.24) is 0 Å². The van der Waals surface area contributed by atoms with E-state index in [2.05, 4.69) is 0 Å². The molecule has 2 N–H and O–H groups in total. The third-order valence-corrected chi connectivity index (χ3v) is 4.79. The highest BCUT2D eigenvalue weighted by molar-refractivity contribution is 5.89. The van der Waals surface area contributed by atoms with Gasteiger partial charge in [-0.2, -0.15) is 0 Å². The molecule has 6 nitrogen and oxygen atoms in total. The first kappa shape index (κ1) is 17.6. The first-order valence-corrected chi connectivity index (χ1v) is 8.79. The normalized spacial score (nSPS) is 24.2. The van der Waals surface area contributed by atoms with E-state index in [0.29, 0.717) is 12.8 Å². The van der Waals surface area contributed by atoms with Gasteiger partial charge in [-0.05, 0) is 11.1 Å². The van der Waals surface area contributed by atoms with Gasteiger partial charge in [0.05, 0.1) is 6.61 Å². The van der Waals surface area contributed by atoms with Crippen LogP contribution in [0.2, 0.25) is 0 Å². The van der Waals surface area contributed by atoms with Crippen molar-refractivity contribution in [2.75, 3.05) is 6.61 Å². The minimum Gasteiger partial charge on any atom is -0.505 e. The van der Waals surface area contributed by atoms with Gasteiger partial charge in [0.15, 0.2) is 17.7 Å². The number of hydrogen-bond acceptors (Lipinski definition) is 6. The molecule has 2 atom stereocenters. The highest BCUT2D eigenvalue weighted by Gasteiger charge is 2.50. The number of esters is 1. The van der Waals surface area contributed by atoms with Crippen molar-refractivity contribution in [3.05, 3.63) is 83.3 Å². The van der Waals surface area contributed by atoms with Gasteiger partial charge in [-0.15, -0.1) is 0 Å². The minimum atomic E-state index is -1.06. The first-order chi connectivity index (χ1) is 13.1. The fraction of sp³-hybridized carbons (Fsp3) is 0.286. The highest BCUT2D eigenvalue weighted by atomic mass is 16.8. The Morgan fingerprint density at radius 2 is 1.48 bits per heavy atom. The zero-order valence-electron chi connectivity index (χ0n) is 14.6. The van der Waals surface area contributed by atoms with Gasteiger partial charge in [-0.1, -0.05) is 60.7 Å². The summed E-state index contributed by atoms with van der Waals surface area (Å²) >= 11 is 0. The summed E-state index contributed by atoms with van der Waals surface area (Å²) in [5.41, 5.74) is 2.08. The number of hydrogen-bond donors (Lipinski definition) is 2. The predicted octanol–water partition coefficient (Wildman–Crippen LogP) is 2.84. The average Bonchev–Trinajstić information content (AvgIpc) is 3.20. The van der Waals surface area contributed by atoms with E-state index in [1.165, 1.54) is 0 Å². The highest BCUT2D eigenvalue weighted by Crippen LogP contribution is 2.36. The van der Waals surface area contributed by atoms with E-state index in [4.69, 9.17) is 14.2 Å². The number of aliphatic hydroxyl groups excluding tert-OH is 2. The molecule has 1 saturated heterocycles. The Morgan fingerprint density at radius 1 is 0.926 bits per heavy atom. The van der Waals surface area contributed by atoms with Gasteiger partial charge < -0.3 is 24.4 Å². The monoisotopic (exact) mass is 368 g/mol. The van der Waals surface area contributed by atoms with Gasteiger partial charge in [0, 0.05) is 12.8 Å². The second kappa shape index (κ2) is 7.06. The molecule has 2 aromatic rings. The molecule has 2 unspecified atom stereocenters. The van der Waals surface area contributed by atoms with Crippen LogP contribution in [0.5, 0.6) is 0 Å². The molecule has 1 fully saturated rings. The van der Waals surface area contributed by atoms with Crippen LogP contribution in [0.4, 0.5) is 0 Å². The van der Waals surface area contributed by atoms with E-state index in [1.807, 2.05) is 60.7 Å². The number of cyclic esters (lactones) is 1. The van der Waals surface area contributed by atoms with E-state index < -0.39 is 35.5 Å². The molecule has 0 bridgehead atoms. The van der Waals surface area contributed by atoms with Crippen molar-refractivity contribution >= 4 is 5.97 Å². The topological polar surface area (TPSA) is 85.2 Å². The van der Waals surface area contributed by atoms with Crippen LogP contribution < -0.4 is 0 Å². The van der Waals surface area contributed by atoms with Crippen molar-refractivity contribution in [1.29, 1.82) is 0 Å². The average molecular weight is 368 g/mol. The Labute approximate surface area is 156 Å². The Kier molecular flexibility index (Phi) is 4.59. The van der Waals surface area contributed by atoms with Crippen LogP contribution >= 0.6 is 0 Å². The standard InChI is InChI=1S/C21H20O6/c22-17-18(23)20(24)26-19(17)16-13-25-21(27-16,11-14-7-3-1-4-8-14)12-15-9-5-2-6-10-15/h1-10,16,19,22-23H,11-13H2. The number of carbonyl (C=O) groups is 1. The van der Waals surface area contributed by atoms with E-state index in [-0.39, 0.29) is 6.61 Å². The molecule has 0 aromatic heterocycles. The van der Waals surface area contributed by atoms with Crippen LogP contribution in [0.3, 0.4) is 0 Å². The number of ether oxygens (including phenoxy) is 3. The summed E-state index contributed by atoms with van der Waals surface area (Å²) in [6, 6.07) is 19.6. The summed E-state index contributed by atoms with van der Waals surface area (Å²) in [6.45, 7) is 0.134. The smallest absolute Gasteiger partial charge is 0.377 e. The van der Waals surface area contributed by atoms with Crippen LogP contribution in [0.25, 0.3) is 0 Å². The molecule has 0 spiro atoms. The molecule has 0 amide bonds. The Hall–Kier alpha value is -2.83. The fourth-order valence-electron chi connectivity index (χ4n) is 3.51. The maximum absolute atomic E-state index is 11.5. The summed E-state index contributed by atoms with van der Waals surface area (Å²) in [5, 5.41) is 19.5. The lowest BCUT2D eigenvalue weighted by atomic mass is 9.97. The molecule has 2 heterocycles. The molecule has 0 radical (unpaired) electrons. The summed E-state index contributed by atoms with van der Waals surface area (Å²) in [6.07, 6.45) is -0.774. The molecule has 2 aromatic carbocycles. The zero-order valence-corrected chi connectivity index (χ0v) is 14.6. The lowest BCUT2D eigenvalue weighted by Gasteiger charge is -2.29. The second-order valence-electron chi connectivity index (χ2n) is 6.76. The summed E-state index contributed by atoms with van der Waals surface area (Å²) in [7, 11) is 0. The molecule has 2 aliphatic rings. The lowest BCUT2D eigenvalue weighted by molar-refractivity contribution is -0.180. The predicted molar refractivity (Wildman–Crippen MR) is 96.0 cm³/mol. The Morgan fingerprint density at radius 3 is 1.96 bits per heavy atom. The molecule has 140 valence electrons. The fourth-order valence-corrected chi connectivity index (χ4v) is 3.51. The summed E-state index contributed by atoms with van der Waals surface area (Å²) < 4.78 is 17.3. The van der Waals surface area contributed by atoms with Crippen molar-refractivity contribution in [3.63, 3.8) is 0 Å². The largest absolute Gasteiger partial charge is 0.505 e. The first-order valence-electron chi connectivity index (χ1n) is 8.79. The molecule has 27 heavy (non-hydrogen) atoms. The maximum atomic E-state index is 11.5. The zero-order chi connectivity index (χ0) is 18.9. The summed E-state index contributed by atoms with van der Waals surface area (Å²) in [4.78, 5) is 11.5. The van der Waals surface area contributed by atoms with Gasteiger partial charge in [0.2, 0.25) is 5.76 Å². The molecular formula is C21H20O6. The molecule has 0 saturated carbocycles. The quantitative estimate of drug-likeness (QED) is 0.790. The summed E-state index contributed by atoms with van der Waals surface area (Å²) in [5.74, 6) is -3.20. The SMILES string of the molecule is O=C1OC(C2COC(Cc3ccccc3)(Cc3ccccc3)O2)C(O)=C1O. The van der Waals surface area contributed by atoms with Crippen LogP contribution in [-0.4, -0.2) is 40.8 Å². The lowest BCUT2D eigenvalue weighted by Crippen LogP contribution is -2.39. The molecule has 6 heteroatoms. The minimum absolute atomic E-state index is 0.134. The number of rotatable bonds is 5. The van der Waals surface area contributed by atoms with E-state index in [1.54, 1.807) is 0 Å². The van der Waals surface area contributed by atoms with Crippen LogP contribution in [-0.2, 0) is 31.8 Å². The molecule has 4 rings (SSSR count). The van der Waals surface area contributed by atoms with Crippen LogP contribution in [0.15, 0.2) is 72.2 Å². The van der Waals surface area contributed by atoms with E-state index >= 15 is 0 Å². The van der Waals surface area contributed by atoms with E-state index in [9.17, 15) is 15.0 Å². The van der Waals surface area contributed by atoms with E-state index in [0.717, 1.165) is 11.1 Å². The van der Waals surface area contributed by atoms with Gasteiger partial charge in [-0.25, -0.2) is 4.79 Å². The second-order valence-corrected chi connectivity index (χ2v) is 6.76. The third-order valence-electron chi connectivity index (χ3n) is 4.79. The number of benzene rings is 2. The number of aliphatic hydroxyl groups is 2. The van der Waals surface area contributed by atoms with Crippen LogP contribution in [0, 0.1) is 0 Å². The van der Waals surface area contributed by atoms with Gasteiger partial charge in [-0.3, -0.25) is 0 Å². The van der Waals surface area contributed by atoms with Gasteiger partial charge in [0.25, 0.3) is 0 Å². The number of carbonyl (C=O) groups excluding carboxylic acids is 1. The molecule has 0 aliphatic carbocycles. The van der Waals surface area contributed by atoms with Crippen LogP contribution in [0.1, 0.15) is 11.1 Å². The Bertz CT molecular complexity index is 804. The molecular weight excluding hydrogens is 348 g/mol. The van der Waals surface area contributed by atoms with Crippen molar-refractivity contribution in [3.8, 4) is 0 Å². The van der Waals surface area contributed by atoms with Gasteiger partial charge in [0.1, 0.15) is 6.10 Å². The Balaban J connectivity index is 1.59. The maximum Gasteiger partial charge on any atom is 0.377 e. The molecule has 2 aliphatic heterocycles.